The molecule has 0 aliphatic carbocycles. The predicted molar refractivity (Wildman–Crippen MR) is 207 cm³/mol. The summed E-state index contributed by atoms with van der Waals surface area (Å²) in [6.45, 7) is 0. The van der Waals surface area contributed by atoms with E-state index in [0.29, 0.717) is 0 Å². The maximum Gasteiger partial charge on any atom is 0.0703 e. The Morgan fingerprint density at radius 2 is 0.918 bits per heavy atom. The molecule has 0 bridgehead atoms. The molecule has 0 saturated carbocycles. The van der Waals surface area contributed by atoms with E-state index in [4.69, 9.17) is 4.98 Å². The molecule has 2 aromatic heterocycles. The highest BCUT2D eigenvalue weighted by Gasteiger charge is 2.18. The monoisotopic (exact) mass is 622 g/mol. The average molecular weight is 623 g/mol. The molecule has 2 nitrogen and oxygen atoms in total. The molecule has 10 rings (SSSR count). The highest BCUT2D eigenvalue weighted by atomic mass is 15.0. The number of nitrogens with zero attached hydrogens (tertiary/aromatic N) is 2. The van der Waals surface area contributed by atoms with E-state index in [2.05, 4.69) is 187 Å². The molecule has 0 atom stereocenters. The lowest BCUT2D eigenvalue weighted by atomic mass is 9.86. The number of rotatable bonds is 4. The van der Waals surface area contributed by atoms with Crippen LogP contribution in [0.2, 0.25) is 0 Å². The van der Waals surface area contributed by atoms with E-state index in [1.54, 1.807) is 0 Å². The van der Waals surface area contributed by atoms with E-state index in [1.807, 2.05) is 0 Å². The predicted octanol–water partition coefficient (Wildman–Crippen LogP) is 12.6. The van der Waals surface area contributed by atoms with Crippen LogP contribution in [0, 0.1) is 0 Å². The number of aromatic nitrogens is 2. The number of pyridine rings is 1. The Hall–Kier alpha value is -6.51. The quantitative estimate of drug-likeness (QED) is 0.179. The zero-order valence-electron chi connectivity index (χ0n) is 26.7. The maximum absolute atomic E-state index is 5.12. The van der Waals surface area contributed by atoms with Crippen molar-refractivity contribution in [2.45, 2.75) is 0 Å². The Kier molecular flexibility index (Phi) is 6.22. The first kappa shape index (κ1) is 27.6. The van der Waals surface area contributed by atoms with Gasteiger partial charge in [0.2, 0.25) is 0 Å². The molecule has 8 aromatic carbocycles. The van der Waals surface area contributed by atoms with Gasteiger partial charge in [-0.2, -0.15) is 0 Å². The minimum absolute atomic E-state index is 0.954. The van der Waals surface area contributed by atoms with Crippen LogP contribution in [0.4, 0.5) is 0 Å². The standard InChI is InChI=1S/C47H30N2/c1-3-14-32(15-4-1)45-38-19-9-11-21-40(38)46(41-22-12-10-20-39(41)45)34-25-28-43(48-30-34)33-24-26-37-42-27-23-31-13-7-8-18-36(31)47(42)49(44(37)29-33)35-16-5-2-6-17-35/h1-30H. The van der Waals surface area contributed by atoms with Gasteiger partial charge in [-0.15, -0.1) is 0 Å². The normalized spacial score (nSPS) is 11.7. The number of fused-ring (bicyclic) bond motifs is 7. The third-order valence-electron chi connectivity index (χ3n) is 10.0. The highest BCUT2D eigenvalue weighted by Crippen LogP contribution is 2.44. The first-order valence-corrected chi connectivity index (χ1v) is 16.8. The summed E-state index contributed by atoms with van der Waals surface area (Å²) in [5.41, 5.74) is 10.4. The van der Waals surface area contributed by atoms with Crippen LogP contribution in [0.25, 0.3) is 93.3 Å². The molecule has 228 valence electrons. The Balaban J connectivity index is 1.16. The lowest BCUT2D eigenvalue weighted by molar-refractivity contribution is 1.19. The summed E-state index contributed by atoms with van der Waals surface area (Å²) in [6, 6.07) is 63.4. The number of para-hydroxylation sites is 1. The lowest BCUT2D eigenvalue weighted by Gasteiger charge is -2.17. The van der Waals surface area contributed by atoms with Crippen molar-refractivity contribution >= 4 is 54.1 Å². The van der Waals surface area contributed by atoms with E-state index in [0.717, 1.165) is 22.5 Å². The Labute approximate surface area is 284 Å². The largest absolute Gasteiger partial charge is 0.309 e. The number of benzene rings is 8. The van der Waals surface area contributed by atoms with Gasteiger partial charge in [-0.25, -0.2) is 0 Å². The highest BCUT2D eigenvalue weighted by molar-refractivity contribution is 6.22. The van der Waals surface area contributed by atoms with Gasteiger partial charge in [0.25, 0.3) is 0 Å². The zero-order valence-corrected chi connectivity index (χ0v) is 26.7. The Bertz CT molecular complexity index is 2790. The van der Waals surface area contributed by atoms with Crippen molar-refractivity contribution in [1.82, 2.24) is 9.55 Å². The van der Waals surface area contributed by atoms with Gasteiger partial charge in [-0.1, -0.05) is 152 Å². The lowest BCUT2D eigenvalue weighted by Crippen LogP contribution is -1.94. The topological polar surface area (TPSA) is 17.8 Å². The molecule has 0 fully saturated rings. The number of hydrogen-bond acceptors (Lipinski definition) is 1. The van der Waals surface area contributed by atoms with Crippen LogP contribution in [-0.2, 0) is 0 Å². The van der Waals surface area contributed by atoms with E-state index in [9.17, 15) is 0 Å². The molecule has 2 heterocycles. The summed E-state index contributed by atoms with van der Waals surface area (Å²) < 4.78 is 2.41. The first-order chi connectivity index (χ1) is 24.3. The minimum Gasteiger partial charge on any atom is -0.309 e. The van der Waals surface area contributed by atoms with Crippen molar-refractivity contribution in [3.8, 4) is 39.2 Å². The van der Waals surface area contributed by atoms with Crippen molar-refractivity contribution in [1.29, 1.82) is 0 Å². The molecule has 0 unspecified atom stereocenters. The number of hydrogen-bond donors (Lipinski definition) is 0. The summed E-state index contributed by atoms with van der Waals surface area (Å²) >= 11 is 0. The molecule has 10 aromatic rings. The van der Waals surface area contributed by atoms with Crippen molar-refractivity contribution < 1.29 is 0 Å². The molecule has 0 N–H and O–H groups in total. The van der Waals surface area contributed by atoms with E-state index in [-0.39, 0.29) is 0 Å². The Morgan fingerprint density at radius 1 is 0.367 bits per heavy atom. The van der Waals surface area contributed by atoms with Gasteiger partial charge < -0.3 is 4.57 Å². The molecular weight excluding hydrogens is 593 g/mol. The second-order valence-electron chi connectivity index (χ2n) is 12.7. The second-order valence-corrected chi connectivity index (χ2v) is 12.7. The van der Waals surface area contributed by atoms with Crippen LogP contribution in [-0.4, -0.2) is 9.55 Å². The van der Waals surface area contributed by atoms with Gasteiger partial charge in [0.15, 0.2) is 0 Å². The SMILES string of the molecule is c1ccc(-c2c3ccccc3c(-c3ccc(-c4ccc5c6ccc7ccccc7c6n(-c6ccccc6)c5c4)nc3)c3ccccc23)cc1. The molecular formula is C47H30N2. The molecule has 0 amide bonds. The molecule has 49 heavy (non-hydrogen) atoms. The van der Waals surface area contributed by atoms with E-state index in [1.165, 1.54) is 70.8 Å². The molecule has 0 aliphatic rings. The van der Waals surface area contributed by atoms with Gasteiger partial charge in [-0.05, 0) is 67.9 Å². The fourth-order valence-electron chi connectivity index (χ4n) is 7.85. The fourth-order valence-corrected chi connectivity index (χ4v) is 7.85. The third-order valence-corrected chi connectivity index (χ3v) is 10.0. The van der Waals surface area contributed by atoms with Crippen molar-refractivity contribution in [3.63, 3.8) is 0 Å². The van der Waals surface area contributed by atoms with Gasteiger partial charge in [0, 0.05) is 39.2 Å². The van der Waals surface area contributed by atoms with Crippen molar-refractivity contribution in [2.75, 3.05) is 0 Å². The first-order valence-electron chi connectivity index (χ1n) is 16.8. The molecule has 0 aliphatic heterocycles. The zero-order chi connectivity index (χ0) is 32.3. The van der Waals surface area contributed by atoms with E-state index < -0.39 is 0 Å². The smallest absolute Gasteiger partial charge is 0.0703 e. The Morgan fingerprint density at radius 3 is 1.57 bits per heavy atom. The summed E-state index contributed by atoms with van der Waals surface area (Å²) in [6.07, 6.45) is 2.05. The molecule has 2 heteroatoms. The van der Waals surface area contributed by atoms with Crippen LogP contribution in [0.15, 0.2) is 182 Å². The fraction of sp³-hybridized carbons (Fsp3) is 0. The van der Waals surface area contributed by atoms with Gasteiger partial charge in [-0.3, -0.25) is 4.98 Å². The van der Waals surface area contributed by atoms with Crippen LogP contribution in [0.3, 0.4) is 0 Å². The summed E-state index contributed by atoms with van der Waals surface area (Å²) in [4.78, 5) is 5.12. The van der Waals surface area contributed by atoms with Crippen LogP contribution < -0.4 is 0 Å². The second kappa shape index (κ2) is 11.0. The van der Waals surface area contributed by atoms with E-state index >= 15 is 0 Å². The summed E-state index contributed by atoms with van der Waals surface area (Å²) in [7, 11) is 0. The summed E-state index contributed by atoms with van der Waals surface area (Å²) in [5.74, 6) is 0. The molecule has 0 spiro atoms. The maximum atomic E-state index is 5.12. The van der Waals surface area contributed by atoms with Crippen LogP contribution in [0.5, 0.6) is 0 Å². The minimum atomic E-state index is 0.954. The van der Waals surface area contributed by atoms with Crippen LogP contribution >= 0.6 is 0 Å². The average Bonchev–Trinajstić information content (AvgIpc) is 3.52. The molecule has 0 radical (unpaired) electrons. The van der Waals surface area contributed by atoms with Crippen molar-refractivity contribution in [3.05, 3.63) is 182 Å². The van der Waals surface area contributed by atoms with Gasteiger partial charge in [0.05, 0.1) is 16.7 Å². The van der Waals surface area contributed by atoms with Gasteiger partial charge in [0.1, 0.15) is 0 Å². The van der Waals surface area contributed by atoms with Crippen LogP contribution in [0.1, 0.15) is 0 Å². The summed E-state index contributed by atoms with van der Waals surface area (Å²) in [5, 5.41) is 9.94. The molecule has 0 saturated heterocycles. The third kappa shape index (κ3) is 4.31. The van der Waals surface area contributed by atoms with Gasteiger partial charge >= 0.3 is 0 Å². The van der Waals surface area contributed by atoms with Crippen molar-refractivity contribution in [2.24, 2.45) is 0 Å².